The number of thioether (sulfide) groups is 1. The number of benzene rings is 1. The highest BCUT2D eigenvalue weighted by molar-refractivity contribution is 7.99. The number of hydrogen-bond donors (Lipinski definition) is 1. The average molecular weight is 312 g/mol. The minimum atomic E-state index is -1.15. The van der Waals surface area contributed by atoms with E-state index in [1.54, 1.807) is 16.7 Å². The van der Waals surface area contributed by atoms with Gasteiger partial charge in [0.2, 0.25) is 0 Å². The van der Waals surface area contributed by atoms with Crippen LogP contribution in [0.25, 0.3) is 0 Å². The van der Waals surface area contributed by atoms with E-state index in [9.17, 15) is 9.90 Å². The summed E-state index contributed by atoms with van der Waals surface area (Å²) in [5, 5.41) is 11.3. The zero-order valence-corrected chi connectivity index (χ0v) is 12.8. The summed E-state index contributed by atoms with van der Waals surface area (Å²) in [6, 6.07) is 5.85. The normalized spacial score (nSPS) is 21.4. The van der Waals surface area contributed by atoms with Gasteiger partial charge in [0.15, 0.2) is 0 Å². The molecule has 0 aromatic heterocycles. The van der Waals surface area contributed by atoms with Gasteiger partial charge in [-0.2, -0.15) is 11.8 Å². The third kappa shape index (κ3) is 2.69. The van der Waals surface area contributed by atoms with E-state index in [1.807, 2.05) is 18.2 Å². The summed E-state index contributed by atoms with van der Waals surface area (Å²) in [4.78, 5) is 14.4. The molecule has 20 heavy (non-hydrogen) atoms. The number of rotatable bonds is 1. The van der Waals surface area contributed by atoms with Gasteiger partial charge in [-0.05, 0) is 54.0 Å². The molecule has 5 heteroatoms. The van der Waals surface area contributed by atoms with Crippen molar-refractivity contribution in [3.8, 4) is 0 Å². The Kier molecular flexibility index (Phi) is 3.98. The zero-order valence-electron chi connectivity index (χ0n) is 11.3. The molecule has 2 heterocycles. The van der Waals surface area contributed by atoms with Crippen molar-refractivity contribution in [1.29, 1.82) is 0 Å². The van der Waals surface area contributed by atoms with Gasteiger partial charge in [-0.1, -0.05) is 17.7 Å². The summed E-state index contributed by atoms with van der Waals surface area (Å²) in [7, 11) is 0. The minimum Gasteiger partial charge on any atom is -0.380 e. The number of halogens is 1. The summed E-state index contributed by atoms with van der Waals surface area (Å²) in [6.45, 7) is 1.24. The summed E-state index contributed by atoms with van der Waals surface area (Å²) >= 11 is 7.83. The molecule has 0 spiro atoms. The second-order valence-corrected chi connectivity index (χ2v) is 7.19. The Balaban J connectivity index is 1.77. The lowest BCUT2D eigenvalue weighted by Crippen LogP contribution is -2.52. The number of carbonyl (C=O) groups excluding carboxylic acids is 1. The van der Waals surface area contributed by atoms with E-state index in [-0.39, 0.29) is 5.91 Å². The molecule has 108 valence electrons. The molecule has 1 amide bonds. The predicted molar refractivity (Wildman–Crippen MR) is 82.1 cm³/mol. The van der Waals surface area contributed by atoms with Crippen LogP contribution in [-0.4, -0.2) is 39.6 Å². The highest BCUT2D eigenvalue weighted by atomic mass is 35.5. The average Bonchev–Trinajstić information content (AvgIpc) is 2.46. The van der Waals surface area contributed by atoms with E-state index >= 15 is 0 Å². The van der Waals surface area contributed by atoms with Gasteiger partial charge >= 0.3 is 0 Å². The molecule has 0 unspecified atom stereocenters. The maximum Gasteiger partial charge on any atom is 0.254 e. The molecular formula is C15H18ClNO2S. The van der Waals surface area contributed by atoms with E-state index < -0.39 is 5.60 Å². The molecular weight excluding hydrogens is 294 g/mol. The number of hydrogen-bond acceptors (Lipinski definition) is 3. The van der Waals surface area contributed by atoms with Crippen LogP contribution in [0.5, 0.6) is 0 Å². The number of aliphatic hydroxyl groups is 1. The smallest absolute Gasteiger partial charge is 0.254 e. The summed E-state index contributed by atoms with van der Waals surface area (Å²) in [6.07, 6.45) is 1.97. The SMILES string of the molecule is O=C(N1CCc2ccc(Cl)cc2C1)C1(O)CCSCC1. The Morgan fingerprint density at radius 2 is 2.05 bits per heavy atom. The van der Waals surface area contributed by atoms with Crippen molar-refractivity contribution < 1.29 is 9.90 Å². The molecule has 1 saturated heterocycles. The van der Waals surface area contributed by atoms with Crippen LogP contribution in [-0.2, 0) is 17.8 Å². The number of nitrogens with zero attached hydrogens (tertiary/aromatic N) is 1. The van der Waals surface area contributed by atoms with Crippen LogP contribution in [0.3, 0.4) is 0 Å². The molecule has 1 fully saturated rings. The highest BCUT2D eigenvalue weighted by Gasteiger charge is 2.40. The molecule has 0 bridgehead atoms. The van der Waals surface area contributed by atoms with Crippen molar-refractivity contribution in [3.05, 3.63) is 34.3 Å². The number of carbonyl (C=O) groups is 1. The monoisotopic (exact) mass is 311 g/mol. The maximum absolute atomic E-state index is 12.6. The molecule has 0 radical (unpaired) electrons. The third-order valence-electron chi connectivity index (χ3n) is 4.19. The zero-order chi connectivity index (χ0) is 14.2. The van der Waals surface area contributed by atoms with Crippen molar-refractivity contribution in [2.75, 3.05) is 18.1 Å². The topological polar surface area (TPSA) is 40.5 Å². The minimum absolute atomic E-state index is 0.108. The maximum atomic E-state index is 12.6. The first-order valence-electron chi connectivity index (χ1n) is 6.95. The molecule has 2 aliphatic rings. The van der Waals surface area contributed by atoms with Gasteiger partial charge in [-0.25, -0.2) is 0 Å². The largest absolute Gasteiger partial charge is 0.380 e. The van der Waals surface area contributed by atoms with E-state index in [1.165, 1.54) is 5.56 Å². The van der Waals surface area contributed by atoms with Crippen molar-refractivity contribution in [3.63, 3.8) is 0 Å². The molecule has 3 nitrogen and oxygen atoms in total. The summed E-state index contributed by atoms with van der Waals surface area (Å²) in [5.74, 6) is 1.61. The molecule has 3 rings (SSSR count). The van der Waals surface area contributed by atoms with E-state index in [2.05, 4.69) is 0 Å². The Morgan fingerprint density at radius 1 is 1.30 bits per heavy atom. The van der Waals surface area contributed by atoms with Gasteiger partial charge in [0, 0.05) is 18.1 Å². The fourth-order valence-electron chi connectivity index (χ4n) is 2.92. The fraction of sp³-hybridized carbons (Fsp3) is 0.533. The first-order chi connectivity index (χ1) is 9.58. The first kappa shape index (κ1) is 14.2. The van der Waals surface area contributed by atoms with Crippen LogP contribution in [0.1, 0.15) is 24.0 Å². The van der Waals surface area contributed by atoms with Crippen LogP contribution in [0, 0.1) is 0 Å². The van der Waals surface area contributed by atoms with Gasteiger partial charge in [-0.15, -0.1) is 0 Å². The second kappa shape index (κ2) is 5.58. The predicted octanol–water partition coefficient (Wildman–Crippen LogP) is 2.48. The Labute approximate surface area is 128 Å². The summed E-state index contributed by atoms with van der Waals surface area (Å²) in [5.41, 5.74) is 1.21. The Bertz CT molecular complexity index is 529. The van der Waals surface area contributed by atoms with Crippen molar-refractivity contribution in [2.24, 2.45) is 0 Å². The quantitative estimate of drug-likeness (QED) is 0.866. The molecule has 0 atom stereocenters. The van der Waals surface area contributed by atoms with Crippen LogP contribution in [0.4, 0.5) is 0 Å². The molecule has 2 aliphatic heterocycles. The fourth-order valence-corrected chi connectivity index (χ4v) is 4.28. The van der Waals surface area contributed by atoms with Crippen LogP contribution < -0.4 is 0 Å². The highest BCUT2D eigenvalue weighted by Crippen LogP contribution is 2.31. The summed E-state index contributed by atoms with van der Waals surface area (Å²) < 4.78 is 0. The van der Waals surface area contributed by atoms with Gasteiger partial charge in [-0.3, -0.25) is 4.79 Å². The molecule has 1 N–H and O–H groups in total. The van der Waals surface area contributed by atoms with Gasteiger partial charge in [0.1, 0.15) is 5.60 Å². The lowest BCUT2D eigenvalue weighted by atomic mass is 9.92. The Hall–Kier alpha value is -0.710. The lowest BCUT2D eigenvalue weighted by molar-refractivity contribution is -0.153. The third-order valence-corrected chi connectivity index (χ3v) is 5.41. The first-order valence-corrected chi connectivity index (χ1v) is 8.49. The molecule has 0 aliphatic carbocycles. The van der Waals surface area contributed by atoms with Crippen molar-refractivity contribution >= 4 is 29.3 Å². The second-order valence-electron chi connectivity index (χ2n) is 5.53. The number of fused-ring (bicyclic) bond motifs is 1. The van der Waals surface area contributed by atoms with Crippen LogP contribution >= 0.6 is 23.4 Å². The van der Waals surface area contributed by atoms with Crippen LogP contribution in [0.15, 0.2) is 18.2 Å². The Morgan fingerprint density at radius 3 is 2.80 bits per heavy atom. The van der Waals surface area contributed by atoms with Gasteiger partial charge < -0.3 is 10.0 Å². The van der Waals surface area contributed by atoms with E-state index in [0.29, 0.717) is 31.0 Å². The van der Waals surface area contributed by atoms with E-state index in [0.717, 1.165) is 23.5 Å². The lowest BCUT2D eigenvalue weighted by Gasteiger charge is -2.37. The molecule has 1 aromatic rings. The standard InChI is InChI=1S/C15H18ClNO2S/c16-13-2-1-11-3-6-17(10-12(11)9-13)14(18)15(19)4-7-20-8-5-15/h1-2,9,19H,3-8,10H2. The van der Waals surface area contributed by atoms with Crippen molar-refractivity contribution in [2.45, 2.75) is 31.4 Å². The number of amides is 1. The van der Waals surface area contributed by atoms with Gasteiger partial charge in [0.05, 0.1) is 0 Å². The molecule has 1 aromatic carbocycles. The van der Waals surface area contributed by atoms with E-state index in [4.69, 9.17) is 11.6 Å². The molecule has 0 saturated carbocycles. The van der Waals surface area contributed by atoms with Crippen LogP contribution in [0.2, 0.25) is 5.02 Å². The van der Waals surface area contributed by atoms with Gasteiger partial charge in [0.25, 0.3) is 5.91 Å². The van der Waals surface area contributed by atoms with Crippen molar-refractivity contribution in [1.82, 2.24) is 4.90 Å².